The number of para-hydroxylation sites is 1. The van der Waals surface area contributed by atoms with E-state index in [4.69, 9.17) is 14.2 Å². The Morgan fingerprint density at radius 3 is 2.34 bits per heavy atom. The fraction of sp³-hybridized carbons (Fsp3) is 0.214. The zero-order valence-corrected chi connectivity index (χ0v) is 19.6. The van der Waals surface area contributed by atoms with E-state index in [0.29, 0.717) is 47.9 Å². The maximum absolute atomic E-state index is 13.2. The van der Waals surface area contributed by atoms with E-state index in [9.17, 15) is 14.7 Å². The quantitative estimate of drug-likeness (QED) is 0.205. The van der Waals surface area contributed by atoms with Gasteiger partial charge in [-0.1, -0.05) is 42.5 Å². The summed E-state index contributed by atoms with van der Waals surface area (Å²) in [6, 6.07) is 22.5. The molecule has 3 aromatic rings. The van der Waals surface area contributed by atoms with Crippen molar-refractivity contribution in [1.29, 1.82) is 0 Å². The van der Waals surface area contributed by atoms with Crippen molar-refractivity contribution in [2.45, 2.75) is 12.5 Å². The molecule has 1 fully saturated rings. The summed E-state index contributed by atoms with van der Waals surface area (Å²) in [5.41, 5.74) is 1.07. The standard InChI is InChI=1S/C28H27NO6/c1-33-16-8-15-29-25(19-9-6-14-23(17-19)35-21-11-4-3-5-12-21)24(27(31)28(29)32)26(30)20-10-7-13-22(18-20)34-2/h3-7,9-14,17-18,25,30H,8,15-16H2,1-2H3. The normalized spacial score (nSPS) is 17.0. The molecule has 3 aromatic carbocycles. The summed E-state index contributed by atoms with van der Waals surface area (Å²) in [6.07, 6.45) is 0.541. The second kappa shape index (κ2) is 10.9. The van der Waals surface area contributed by atoms with Crippen LogP contribution in [0.2, 0.25) is 0 Å². The molecule has 1 unspecified atom stereocenters. The van der Waals surface area contributed by atoms with E-state index in [1.165, 1.54) is 12.0 Å². The lowest BCUT2D eigenvalue weighted by Crippen LogP contribution is -2.31. The van der Waals surface area contributed by atoms with Crippen molar-refractivity contribution in [2.24, 2.45) is 0 Å². The van der Waals surface area contributed by atoms with Gasteiger partial charge in [-0.3, -0.25) is 9.59 Å². The van der Waals surface area contributed by atoms with Crippen LogP contribution >= 0.6 is 0 Å². The second-order valence-electron chi connectivity index (χ2n) is 8.06. The first-order valence-corrected chi connectivity index (χ1v) is 11.3. The Bertz CT molecular complexity index is 1240. The minimum Gasteiger partial charge on any atom is -0.507 e. The third kappa shape index (κ3) is 5.20. The van der Waals surface area contributed by atoms with Crippen molar-refractivity contribution >= 4 is 17.4 Å². The molecule has 7 nitrogen and oxygen atoms in total. The summed E-state index contributed by atoms with van der Waals surface area (Å²) < 4.78 is 16.4. The minimum absolute atomic E-state index is 0.0255. The molecule has 180 valence electrons. The topological polar surface area (TPSA) is 85.3 Å². The van der Waals surface area contributed by atoms with Crippen molar-refractivity contribution in [1.82, 2.24) is 4.90 Å². The van der Waals surface area contributed by atoms with Crippen molar-refractivity contribution in [2.75, 3.05) is 27.4 Å². The number of hydrogen-bond acceptors (Lipinski definition) is 6. The highest BCUT2D eigenvalue weighted by Gasteiger charge is 2.45. The molecule has 0 aliphatic carbocycles. The summed E-state index contributed by atoms with van der Waals surface area (Å²) in [6.45, 7) is 0.727. The summed E-state index contributed by atoms with van der Waals surface area (Å²) in [5.74, 6) is 0.0915. The molecule has 1 atom stereocenters. The van der Waals surface area contributed by atoms with Gasteiger partial charge in [-0.15, -0.1) is 0 Å². The van der Waals surface area contributed by atoms with E-state index in [1.807, 2.05) is 36.4 Å². The average molecular weight is 474 g/mol. The molecule has 1 heterocycles. The van der Waals surface area contributed by atoms with Crippen molar-refractivity contribution < 1.29 is 28.9 Å². The molecule has 1 N–H and O–H groups in total. The number of likely N-dealkylation sites (tertiary alicyclic amines) is 1. The first-order valence-electron chi connectivity index (χ1n) is 11.3. The van der Waals surface area contributed by atoms with Crippen molar-refractivity contribution in [3.8, 4) is 17.2 Å². The van der Waals surface area contributed by atoms with Gasteiger partial charge in [0.25, 0.3) is 11.7 Å². The van der Waals surface area contributed by atoms with Gasteiger partial charge in [-0.05, 0) is 48.4 Å². The molecule has 1 aliphatic heterocycles. The highest BCUT2D eigenvalue weighted by molar-refractivity contribution is 6.46. The second-order valence-corrected chi connectivity index (χ2v) is 8.06. The van der Waals surface area contributed by atoms with Gasteiger partial charge >= 0.3 is 0 Å². The van der Waals surface area contributed by atoms with Gasteiger partial charge in [0.05, 0.1) is 18.7 Å². The SMILES string of the molecule is COCCCN1C(=O)C(=O)C(=C(O)c2cccc(OC)c2)C1c1cccc(Oc2ccccc2)c1. The molecule has 1 saturated heterocycles. The van der Waals surface area contributed by atoms with Crippen LogP contribution in [0.15, 0.2) is 84.4 Å². The van der Waals surface area contributed by atoms with Gasteiger partial charge in [0.1, 0.15) is 23.0 Å². The van der Waals surface area contributed by atoms with Crippen molar-refractivity contribution in [3.63, 3.8) is 0 Å². The Labute approximate surface area is 204 Å². The number of carbonyl (C=O) groups is 2. The monoisotopic (exact) mass is 473 g/mol. The molecule has 0 radical (unpaired) electrons. The van der Waals surface area contributed by atoms with Crippen LogP contribution in [0.4, 0.5) is 0 Å². The lowest BCUT2D eigenvalue weighted by Gasteiger charge is -2.25. The predicted octanol–water partition coefficient (Wildman–Crippen LogP) is 4.95. The number of Topliss-reactive ketones (excluding diaryl/α,β-unsaturated/α-hetero) is 1. The average Bonchev–Trinajstić information content (AvgIpc) is 3.14. The van der Waals surface area contributed by atoms with Gasteiger partial charge in [-0.2, -0.15) is 0 Å². The number of rotatable bonds is 9. The molecule has 1 aliphatic rings. The number of aliphatic hydroxyl groups excluding tert-OH is 1. The predicted molar refractivity (Wildman–Crippen MR) is 131 cm³/mol. The molecule has 7 heteroatoms. The van der Waals surface area contributed by atoms with Gasteiger partial charge in [0, 0.05) is 25.8 Å². The molecule has 0 saturated carbocycles. The fourth-order valence-corrected chi connectivity index (χ4v) is 4.14. The Hall–Kier alpha value is -4.10. The summed E-state index contributed by atoms with van der Waals surface area (Å²) in [7, 11) is 3.10. The molecule has 0 bridgehead atoms. The number of aliphatic hydroxyl groups is 1. The van der Waals surface area contributed by atoms with Crippen LogP contribution in [0, 0.1) is 0 Å². The van der Waals surface area contributed by atoms with E-state index in [0.717, 1.165) is 0 Å². The highest BCUT2D eigenvalue weighted by atomic mass is 16.5. The molecule has 1 amide bonds. The van der Waals surface area contributed by atoms with Crippen LogP contribution in [0.3, 0.4) is 0 Å². The largest absolute Gasteiger partial charge is 0.507 e. The van der Waals surface area contributed by atoms with E-state index < -0.39 is 17.7 Å². The Morgan fingerprint density at radius 2 is 1.60 bits per heavy atom. The Kier molecular flexibility index (Phi) is 7.48. The van der Waals surface area contributed by atoms with Gasteiger partial charge in [0.15, 0.2) is 0 Å². The van der Waals surface area contributed by atoms with Crippen LogP contribution < -0.4 is 9.47 Å². The summed E-state index contributed by atoms with van der Waals surface area (Å²) in [5, 5.41) is 11.2. The Morgan fingerprint density at radius 1 is 0.886 bits per heavy atom. The number of ether oxygens (including phenoxy) is 3. The number of amides is 1. The molecule has 4 rings (SSSR count). The molecule has 0 spiro atoms. The number of nitrogens with zero attached hydrogens (tertiary/aromatic N) is 1. The van der Waals surface area contributed by atoms with Crippen LogP contribution in [0.25, 0.3) is 5.76 Å². The zero-order valence-electron chi connectivity index (χ0n) is 19.6. The van der Waals surface area contributed by atoms with Crippen LogP contribution in [0.1, 0.15) is 23.6 Å². The van der Waals surface area contributed by atoms with Gasteiger partial charge in [-0.25, -0.2) is 0 Å². The summed E-state index contributed by atoms with van der Waals surface area (Å²) in [4.78, 5) is 27.7. The van der Waals surface area contributed by atoms with Gasteiger partial charge in [0.2, 0.25) is 0 Å². The number of hydrogen-bond donors (Lipinski definition) is 1. The first-order chi connectivity index (χ1) is 17.0. The molecule has 0 aromatic heterocycles. The van der Waals surface area contributed by atoms with E-state index in [1.54, 1.807) is 49.6 Å². The summed E-state index contributed by atoms with van der Waals surface area (Å²) >= 11 is 0. The lowest BCUT2D eigenvalue weighted by atomic mass is 9.95. The van der Waals surface area contributed by atoms with E-state index in [2.05, 4.69) is 0 Å². The molecule has 35 heavy (non-hydrogen) atoms. The lowest BCUT2D eigenvalue weighted by molar-refractivity contribution is -0.140. The molecular formula is C28H27NO6. The van der Waals surface area contributed by atoms with Crippen LogP contribution in [-0.4, -0.2) is 49.1 Å². The van der Waals surface area contributed by atoms with Crippen LogP contribution in [0.5, 0.6) is 17.2 Å². The third-order valence-corrected chi connectivity index (χ3v) is 5.78. The highest BCUT2D eigenvalue weighted by Crippen LogP contribution is 2.41. The first kappa shape index (κ1) is 24.0. The zero-order chi connectivity index (χ0) is 24.8. The third-order valence-electron chi connectivity index (χ3n) is 5.78. The smallest absolute Gasteiger partial charge is 0.295 e. The number of methoxy groups -OCH3 is 2. The van der Waals surface area contributed by atoms with Gasteiger partial charge < -0.3 is 24.2 Å². The Balaban J connectivity index is 1.79. The van der Waals surface area contributed by atoms with E-state index >= 15 is 0 Å². The number of benzene rings is 3. The maximum Gasteiger partial charge on any atom is 0.295 e. The van der Waals surface area contributed by atoms with E-state index in [-0.39, 0.29) is 11.3 Å². The number of carbonyl (C=O) groups excluding carboxylic acids is 2. The maximum atomic E-state index is 13.2. The number of ketones is 1. The molecular weight excluding hydrogens is 446 g/mol. The van der Waals surface area contributed by atoms with Crippen molar-refractivity contribution in [3.05, 3.63) is 95.6 Å². The minimum atomic E-state index is -0.780. The van der Waals surface area contributed by atoms with Crippen LogP contribution in [-0.2, 0) is 14.3 Å². The fourth-order valence-electron chi connectivity index (χ4n) is 4.14.